The van der Waals surface area contributed by atoms with E-state index < -0.39 is 12.7 Å². The molecule has 1 fully saturated rings. The molecule has 7 heteroatoms. The Labute approximate surface area is 98.7 Å². The molecule has 2 amide bonds. The van der Waals surface area contributed by atoms with Crippen molar-refractivity contribution in [3.8, 4) is 0 Å². The Kier molecular flexibility index (Phi) is 4.62. The van der Waals surface area contributed by atoms with E-state index in [2.05, 4.69) is 5.32 Å². The molecule has 0 aromatic carbocycles. The van der Waals surface area contributed by atoms with Gasteiger partial charge in [-0.3, -0.25) is 4.90 Å². The Hall–Kier alpha value is -0.980. The molecule has 0 spiro atoms. The van der Waals surface area contributed by atoms with Gasteiger partial charge in [0.1, 0.15) is 0 Å². The maximum absolute atomic E-state index is 12.1. The number of nitrogens with one attached hydrogen (secondary N) is 1. The quantitative estimate of drug-likeness (QED) is 0.804. The number of piperazine rings is 1. The van der Waals surface area contributed by atoms with E-state index >= 15 is 0 Å². The summed E-state index contributed by atoms with van der Waals surface area (Å²) in [6, 6.07) is -0.164. The van der Waals surface area contributed by atoms with E-state index in [1.54, 1.807) is 4.90 Å². The summed E-state index contributed by atoms with van der Waals surface area (Å²) in [5.41, 5.74) is 0. The second-order valence-electron chi connectivity index (χ2n) is 4.48. The number of amides is 2. The largest absolute Gasteiger partial charge is 0.401 e. The van der Waals surface area contributed by atoms with Crippen molar-refractivity contribution in [3.05, 3.63) is 0 Å². The Morgan fingerprint density at radius 3 is 2.18 bits per heavy atom. The average molecular weight is 253 g/mol. The van der Waals surface area contributed by atoms with Crippen LogP contribution in [-0.2, 0) is 0 Å². The van der Waals surface area contributed by atoms with Crippen LogP contribution in [0.25, 0.3) is 0 Å². The van der Waals surface area contributed by atoms with Crippen LogP contribution in [0, 0.1) is 0 Å². The van der Waals surface area contributed by atoms with Crippen LogP contribution in [0.3, 0.4) is 0 Å². The van der Waals surface area contributed by atoms with Gasteiger partial charge in [-0.1, -0.05) is 0 Å². The summed E-state index contributed by atoms with van der Waals surface area (Å²) in [4.78, 5) is 14.4. The number of alkyl halides is 3. The summed E-state index contributed by atoms with van der Waals surface area (Å²) in [7, 11) is 0. The summed E-state index contributed by atoms with van der Waals surface area (Å²) < 4.78 is 36.4. The second-order valence-corrected chi connectivity index (χ2v) is 4.48. The lowest BCUT2D eigenvalue weighted by Gasteiger charge is -2.35. The number of halogens is 3. The molecule has 0 bridgehead atoms. The van der Waals surface area contributed by atoms with Crippen molar-refractivity contribution < 1.29 is 18.0 Å². The number of carbonyl (C=O) groups is 1. The van der Waals surface area contributed by atoms with Crippen LogP contribution < -0.4 is 5.32 Å². The first-order valence-corrected chi connectivity index (χ1v) is 5.62. The molecule has 100 valence electrons. The van der Waals surface area contributed by atoms with E-state index in [-0.39, 0.29) is 25.2 Å². The molecular weight excluding hydrogens is 235 g/mol. The molecule has 0 aromatic rings. The minimum atomic E-state index is -4.16. The molecular formula is C10H18F3N3O. The molecule has 1 aliphatic heterocycles. The van der Waals surface area contributed by atoms with Gasteiger partial charge in [-0.15, -0.1) is 0 Å². The van der Waals surface area contributed by atoms with E-state index in [4.69, 9.17) is 0 Å². The van der Waals surface area contributed by atoms with Gasteiger partial charge in [0.2, 0.25) is 0 Å². The highest BCUT2D eigenvalue weighted by molar-refractivity contribution is 5.74. The van der Waals surface area contributed by atoms with Crippen LogP contribution in [-0.4, -0.2) is 60.8 Å². The summed E-state index contributed by atoms with van der Waals surface area (Å²) >= 11 is 0. The fourth-order valence-electron chi connectivity index (χ4n) is 1.70. The zero-order chi connectivity index (χ0) is 13.1. The van der Waals surface area contributed by atoms with Gasteiger partial charge >= 0.3 is 12.2 Å². The van der Waals surface area contributed by atoms with E-state index in [0.29, 0.717) is 13.1 Å². The minimum Gasteiger partial charge on any atom is -0.336 e. The zero-order valence-corrected chi connectivity index (χ0v) is 10.0. The van der Waals surface area contributed by atoms with E-state index in [9.17, 15) is 18.0 Å². The second kappa shape index (κ2) is 5.57. The lowest BCUT2D eigenvalue weighted by atomic mass is 10.3. The highest BCUT2D eigenvalue weighted by atomic mass is 19.4. The summed E-state index contributed by atoms with van der Waals surface area (Å²) in [5.74, 6) is 0. The number of rotatable bonds is 2. The maximum Gasteiger partial charge on any atom is 0.401 e. The standard InChI is InChI=1S/C10H18F3N3O/c1-8(2)14-9(17)16-5-3-15(4-6-16)7-10(11,12)13/h8H,3-7H2,1-2H3,(H,14,17). The Morgan fingerprint density at radius 1 is 1.24 bits per heavy atom. The Bertz CT molecular complexity index is 260. The van der Waals surface area contributed by atoms with Crippen molar-refractivity contribution in [3.63, 3.8) is 0 Å². The molecule has 0 unspecified atom stereocenters. The molecule has 4 nitrogen and oxygen atoms in total. The monoisotopic (exact) mass is 253 g/mol. The normalized spacial score (nSPS) is 18.6. The number of nitrogens with zero attached hydrogens (tertiary/aromatic N) is 2. The van der Waals surface area contributed by atoms with Crippen molar-refractivity contribution in [2.24, 2.45) is 0 Å². The molecule has 0 atom stereocenters. The fourth-order valence-corrected chi connectivity index (χ4v) is 1.70. The van der Waals surface area contributed by atoms with Gasteiger partial charge in [-0.05, 0) is 13.8 Å². The van der Waals surface area contributed by atoms with Gasteiger partial charge < -0.3 is 10.2 Å². The number of hydrogen-bond donors (Lipinski definition) is 1. The molecule has 1 N–H and O–H groups in total. The molecule has 17 heavy (non-hydrogen) atoms. The third kappa shape index (κ3) is 5.25. The van der Waals surface area contributed by atoms with Crippen LogP contribution in [0.2, 0.25) is 0 Å². The van der Waals surface area contributed by atoms with Crippen LogP contribution in [0.4, 0.5) is 18.0 Å². The molecule has 0 aromatic heterocycles. The van der Waals surface area contributed by atoms with Gasteiger partial charge in [-0.25, -0.2) is 4.79 Å². The van der Waals surface area contributed by atoms with E-state index in [1.165, 1.54) is 4.90 Å². The highest BCUT2D eigenvalue weighted by Gasteiger charge is 2.32. The molecule has 1 rings (SSSR count). The predicted molar refractivity (Wildman–Crippen MR) is 57.7 cm³/mol. The van der Waals surface area contributed by atoms with Crippen molar-refractivity contribution in [1.82, 2.24) is 15.1 Å². The molecule has 1 saturated heterocycles. The Morgan fingerprint density at radius 2 is 1.76 bits per heavy atom. The topological polar surface area (TPSA) is 35.6 Å². The van der Waals surface area contributed by atoms with Crippen molar-refractivity contribution in [2.45, 2.75) is 26.1 Å². The molecule has 0 radical (unpaired) electrons. The van der Waals surface area contributed by atoms with Crippen LogP contribution >= 0.6 is 0 Å². The molecule has 0 aliphatic carbocycles. The first kappa shape index (κ1) is 14.1. The highest BCUT2D eigenvalue weighted by Crippen LogP contribution is 2.17. The van der Waals surface area contributed by atoms with Crippen molar-refractivity contribution >= 4 is 6.03 Å². The van der Waals surface area contributed by atoms with Crippen molar-refractivity contribution in [2.75, 3.05) is 32.7 Å². The first-order valence-electron chi connectivity index (χ1n) is 5.62. The smallest absolute Gasteiger partial charge is 0.336 e. The number of urea groups is 1. The van der Waals surface area contributed by atoms with E-state index in [1.807, 2.05) is 13.8 Å². The first-order chi connectivity index (χ1) is 7.78. The third-order valence-corrected chi connectivity index (χ3v) is 2.47. The minimum absolute atomic E-state index is 0.0377. The summed E-state index contributed by atoms with van der Waals surface area (Å²) in [5, 5.41) is 2.72. The average Bonchev–Trinajstić information content (AvgIpc) is 2.15. The van der Waals surface area contributed by atoms with Gasteiger partial charge in [-0.2, -0.15) is 13.2 Å². The summed E-state index contributed by atoms with van der Waals surface area (Å²) in [6.45, 7) is 4.02. The lowest BCUT2D eigenvalue weighted by molar-refractivity contribution is -0.148. The van der Waals surface area contributed by atoms with Crippen LogP contribution in [0.1, 0.15) is 13.8 Å². The van der Waals surface area contributed by atoms with Gasteiger partial charge in [0.25, 0.3) is 0 Å². The maximum atomic E-state index is 12.1. The zero-order valence-electron chi connectivity index (χ0n) is 10.0. The lowest BCUT2D eigenvalue weighted by Crippen LogP contribution is -2.54. The van der Waals surface area contributed by atoms with Crippen LogP contribution in [0.15, 0.2) is 0 Å². The van der Waals surface area contributed by atoms with Gasteiger partial charge in [0.15, 0.2) is 0 Å². The predicted octanol–water partition coefficient (Wildman–Crippen LogP) is 1.28. The molecule has 1 heterocycles. The Balaban J connectivity index is 2.33. The van der Waals surface area contributed by atoms with Crippen molar-refractivity contribution in [1.29, 1.82) is 0 Å². The summed E-state index contributed by atoms with van der Waals surface area (Å²) in [6.07, 6.45) is -4.16. The van der Waals surface area contributed by atoms with Gasteiger partial charge in [0, 0.05) is 32.2 Å². The third-order valence-electron chi connectivity index (χ3n) is 2.47. The van der Waals surface area contributed by atoms with Crippen LogP contribution in [0.5, 0.6) is 0 Å². The molecule has 1 aliphatic rings. The van der Waals surface area contributed by atoms with E-state index in [0.717, 1.165) is 0 Å². The SMILES string of the molecule is CC(C)NC(=O)N1CCN(CC(F)(F)F)CC1. The fraction of sp³-hybridized carbons (Fsp3) is 0.900. The number of carbonyl (C=O) groups excluding carboxylic acids is 1. The number of hydrogen-bond acceptors (Lipinski definition) is 2. The molecule has 0 saturated carbocycles. The van der Waals surface area contributed by atoms with Gasteiger partial charge in [0.05, 0.1) is 6.54 Å².